The quantitative estimate of drug-likeness (QED) is 0.412. The van der Waals surface area contributed by atoms with E-state index in [0.717, 1.165) is 25.1 Å². The molecule has 4 rings (SSSR count). The molecule has 0 aliphatic heterocycles. The van der Waals surface area contributed by atoms with Crippen LogP contribution in [-0.2, 0) is 16.6 Å². The molecule has 0 bridgehead atoms. The van der Waals surface area contributed by atoms with Crippen LogP contribution in [0.15, 0.2) is 70.6 Å². The second kappa shape index (κ2) is 8.85. The number of aromatic nitrogens is 2. The molecular formula is C23H23N3O4S2. The van der Waals surface area contributed by atoms with Gasteiger partial charge in [0.25, 0.3) is 5.56 Å². The highest BCUT2D eigenvalue weighted by Crippen LogP contribution is 2.35. The maximum absolute atomic E-state index is 13.2. The van der Waals surface area contributed by atoms with Gasteiger partial charge in [-0.2, -0.15) is 0 Å². The van der Waals surface area contributed by atoms with Crippen molar-refractivity contribution >= 4 is 31.6 Å². The molecule has 4 aromatic rings. The van der Waals surface area contributed by atoms with Gasteiger partial charge in [0.1, 0.15) is 17.2 Å². The van der Waals surface area contributed by atoms with Crippen molar-refractivity contribution in [2.45, 2.75) is 18.4 Å². The van der Waals surface area contributed by atoms with Gasteiger partial charge in [-0.05, 0) is 36.8 Å². The van der Waals surface area contributed by atoms with E-state index in [0.29, 0.717) is 17.7 Å². The first-order valence-electron chi connectivity index (χ1n) is 9.98. The molecule has 0 fully saturated rings. The molecule has 9 heteroatoms. The molecule has 166 valence electrons. The molecule has 0 spiro atoms. The number of benzene rings is 2. The van der Waals surface area contributed by atoms with Gasteiger partial charge in [0.15, 0.2) is 0 Å². The first-order chi connectivity index (χ1) is 15.3. The second-order valence-electron chi connectivity index (χ2n) is 7.43. The maximum Gasteiger partial charge on any atom is 0.262 e. The summed E-state index contributed by atoms with van der Waals surface area (Å²) < 4.78 is 32.8. The van der Waals surface area contributed by atoms with Crippen molar-refractivity contribution in [1.29, 1.82) is 0 Å². The van der Waals surface area contributed by atoms with Crippen molar-refractivity contribution in [3.63, 3.8) is 0 Å². The van der Waals surface area contributed by atoms with E-state index in [9.17, 15) is 13.2 Å². The van der Waals surface area contributed by atoms with Crippen LogP contribution >= 0.6 is 11.3 Å². The van der Waals surface area contributed by atoms with Crippen LogP contribution in [0.2, 0.25) is 0 Å². The lowest BCUT2D eigenvalue weighted by Crippen LogP contribution is -2.23. The third-order valence-electron chi connectivity index (χ3n) is 5.12. The number of hydrogen-bond acceptors (Lipinski definition) is 6. The highest BCUT2D eigenvalue weighted by Gasteiger charge is 2.18. The summed E-state index contributed by atoms with van der Waals surface area (Å²) in [6, 6.07) is 16.1. The number of thiophene rings is 1. The zero-order valence-electron chi connectivity index (χ0n) is 18.0. The average molecular weight is 470 g/mol. The zero-order chi connectivity index (χ0) is 22.9. The van der Waals surface area contributed by atoms with Gasteiger partial charge in [-0.1, -0.05) is 30.3 Å². The molecule has 2 heterocycles. The van der Waals surface area contributed by atoms with Crippen molar-refractivity contribution in [1.82, 2.24) is 13.9 Å². The fourth-order valence-electron chi connectivity index (χ4n) is 3.43. The van der Waals surface area contributed by atoms with Crippen molar-refractivity contribution in [3.05, 3.63) is 76.2 Å². The Labute approximate surface area is 190 Å². The molecule has 32 heavy (non-hydrogen) atoms. The fraction of sp³-hybridized carbons (Fsp3) is 0.217. The van der Waals surface area contributed by atoms with E-state index in [1.54, 1.807) is 23.0 Å². The Hall–Kier alpha value is -3.01. The minimum Gasteiger partial charge on any atom is -0.492 e. The maximum atomic E-state index is 13.2. The molecule has 0 radical (unpaired) electrons. The van der Waals surface area contributed by atoms with Gasteiger partial charge < -0.3 is 4.74 Å². The second-order valence-corrected chi connectivity index (χ2v) is 10.8. The van der Waals surface area contributed by atoms with Gasteiger partial charge in [0.2, 0.25) is 10.0 Å². The number of ether oxygens (including phenoxy) is 1. The Morgan fingerprint density at radius 3 is 2.41 bits per heavy atom. The lowest BCUT2D eigenvalue weighted by Gasteiger charge is -2.12. The summed E-state index contributed by atoms with van der Waals surface area (Å²) in [5.74, 6) is 0.529. The molecule has 0 N–H and O–H groups in total. The molecule has 0 unspecified atom stereocenters. The van der Waals surface area contributed by atoms with Crippen molar-refractivity contribution in [2.75, 3.05) is 20.7 Å². The topological polar surface area (TPSA) is 81.5 Å². The normalized spacial score (nSPS) is 11.9. The molecule has 0 atom stereocenters. The fourth-order valence-corrected chi connectivity index (χ4v) is 5.33. The third kappa shape index (κ3) is 4.19. The number of fused-ring (bicyclic) bond motifs is 1. The molecule has 0 aliphatic carbocycles. The number of rotatable bonds is 7. The van der Waals surface area contributed by atoms with E-state index >= 15 is 0 Å². The van der Waals surface area contributed by atoms with Crippen LogP contribution in [0.25, 0.3) is 21.3 Å². The Morgan fingerprint density at radius 1 is 1.06 bits per heavy atom. The summed E-state index contributed by atoms with van der Waals surface area (Å²) >= 11 is 1.51. The monoisotopic (exact) mass is 469 g/mol. The van der Waals surface area contributed by atoms with Crippen LogP contribution in [0, 0.1) is 6.92 Å². The molecule has 0 amide bonds. The first-order valence-corrected chi connectivity index (χ1v) is 12.2. The average Bonchev–Trinajstić information content (AvgIpc) is 3.13. The molecule has 2 aromatic heterocycles. The molecule has 0 saturated carbocycles. The summed E-state index contributed by atoms with van der Waals surface area (Å²) in [4.78, 5) is 19.7. The van der Waals surface area contributed by atoms with Crippen molar-refractivity contribution in [3.8, 4) is 16.9 Å². The Morgan fingerprint density at radius 2 is 1.75 bits per heavy atom. The summed E-state index contributed by atoms with van der Waals surface area (Å²) in [7, 11) is -0.510. The van der Waals surface area contributed by atoms with E-state index in [1.165, 1.54) is 37.6 Å². The van der Waals surface area contributed by atoms with Gasteiger partial charge in [0, 0.05) is 24.5 Å². The van der Waals surface area contributed by atoms with Crippen LogP contribution in [0.1, 0.15) is 4.88 Å². The summed E-state index contributed by atoms with van der Waals surface area (Å²) in [5.41, 5.74) is 1.82. The summed E-state index contributed by atoms with van der Waals surface area (Å²) in [6.07, 6.45) is 1.55. The van der Waals surface area contributed by atoms with Crippen LogP contribution in [0.4, 0.5) is 0 Å². The van der Waals surface area contributed by atoms with Crippen molar-refractivity contribution in [2.24, 2.45) is 0 Å². The number of nitrogens with zero attached hydrogens (tertiary/aromatic N) is 3. The van der Waals surface area contributed by atoms with Crippen LogP contribution in [0.5, 0.6) is 5.75 Å². The summed E-state index contributed by atoms with van der Waals surface area (Å²) in [5, 5.41) is 0.624. The lowest BCUT2D eigenvalue weighted by molar-refractivity contribution is 0.296. The van der Waals surface area contributed by atoms with E-state index in [-0.39, 0.29) is 17.1 Å². The zero-order valence-corrected chi connectivity index (χ0v) is 19.6. The van der Waals surface area contributed by atoms with E-state index < -0.39 is 10.0 Å². The standard InChI is InChI=1S/C23H23N3O4S2/c1-16-20(17-7-5-4-6-8-17)21-22(31-16)24-15-26(23(21)27)13-14-30-18-9-11-19(12-10-18)32(28,29)25(2)3/h4-12,15H,13-14H2,1-3H3. The van der Waals surface area contributed by atoms with Crippen molar-refractivity contribution < 1.29 is 13.2 Å². The molecule has 2 aromatic carbocycles. The Balaban J connectivity index is 1.53. The Kier molecular flexibility index (Phi) is 6.14. The minimum absolute atomic E-state index is 0.103. The van der Waals surface area contributed by atoms with Gasteiger partial charge in [0.05, 0.1) is 23.2 Å². The van der Waals surface area contributed by atoms with Crippen LogP contribution in [0.3, 0.4) is 0 Å². The minimum atomic E-state index is -3.48. The van der Waals surface area contributed by atoms with Crippen LogP contribution in [-0.4, -0.2) is 43.0 Å². The van der Waals surface area contributed by atoms with Gasteiger partial charge in [-0.25, -0.2) is 17.7 Å². The highest BCUT2D eigenvalue weighted by atomic mass is 32.2. The molecular weight excluding hydrogens is 446 g/mol. The van der Waals surface area contributed by atoms with Gasteiger partial charge >= 0.3 is 0 Å². The highest BCUT2D eigenvalue weighted by molar-refractivity contribution is 7.89. The molecule has 0 saturated heterocycles. The summed E-state index contributed by atoms with van der Waals surface area (Å²) in [6.45, 7) is 2.57. The SMILES string of the molecule is Cc1sc2ncn(CCOc3ccc(S(=O)(=O)N(C)C)cc3)c(=O)c2c1-c1ccccc1. The predicted molar refractivity (Wildman–Crippen MR) is 127 cm³/mol. The smallest absolute Gasteiger partial charge is 0.262 e. The number of hydrogen-bond donors (Lipinski definition) is 0. The molecule has 7 nitrogen and oxygen atoms in total. The van der Waals surface area contributed by atoms with Gasteiger partial charge in [-0.15, -0.1) is 11.3 Å². The third-order valence-corrected chi connectivity index (χ3v) is 7.96. The van der Waals surface area contributed by atoms with E-state index in [4.69, 9.17) is 4.74 Å². The predicted octanol–water partition coefficient (Wildman–Crippen LogP) is 3.76. The number of aryl methyl sites for hydroxylation is 1. The largest absolute Gasteiger partial charge is 0.492 e. The number of sulfonamides is 1. The van der Waals surface area contributed by atoms with E-state index in [2.05, 4.69) is 4.98 Å². The van der Waals surface area contributed by atoms with Crippen LogP contribution < -0.4 is 10.3 Å². The lowest BCUT2D eigenvalue weighted by atomic mass is 10.0. The Bertz CT molecular complexity index is 1410. The first kappa shape index (κ1) is 22.2. The van der Waals surface area contributed by atoms with E-state index in [1.807, 2.05) is 37.3 Å². The molecule has 0 aliphatic rings. The van der Waals surface area contributed by atoms with Gasteiger partial charge in [-0.3, -0.25) is 9.36 Å².